The second kappa shape index (κ2) is 9.64. The van der Waals surface area contributed by atoms with Crippen molar-refractivity contribution in [3.05, 3.63) is 0 Å². The topological polar surface area (TPSA) is 38.3 Å². The Morgan fingerprint density at radius 2 is 2.00 bits per heavy atom. The predicted molar refractivity (Wildman–Crippen MR) is 67.4 cm³/mol. The first kappa shape index (κ1) is 15.4. The largest absolute Gasteiger partial charge is 0.469 e. The van der Waals surface area contributed by atoms with Crippen molar-refractivity contribution in [2.45, 2.75) is 46.5 Å². The van der Waals surface area contributed by atoms with Gasteiger partial charge in [-0.15, -0.1) is 0 Å². The SMILES string of the molecule is CCCCC(CC)CNCC(C)C(=O)OC. The lowest BCUT2D eigenvalue weighted by Crippen LogP contribution is -2.31. The minimum Gasteiger partial charge on any atom is -0.469 e. The van der Waals surface area contributed by atoms with Crippen molar-refractivity contribution in [3.8, 4) is 0 Å². The molecule has 0 aromatic carbocycles. The van der Waals surface area contributed by atoms with Gasteiger partial charge in [0, 0.05) is 6.54 Å². The maximum Gasteiger partial charge on any atom is 0.309 e. The van der Waals surface area contributed by atoms with E-state index in [2.05, 4.69) is 23.9 Å². The number of hydrogen-bond acceptors (Lipinski definition) is 3. The molecule has 2 unspecified atom stereocenters. The van der Waals surface area contributed by atoms with Crippen LogP contribution in [-0.4, -0.2) is 26.2 Å². The molecule has 0 fully saturated rings. The molecule has 96 valence electrons. The highest BCUT2D eigenvalue weighted by atomic mass is 16.5. The third kappa shape index (κ3) is 6.83. The van der Waals surface area contributed by atoms with Crippen molar-refractivity contribution in [1.29, 1.82) is 0 Å². The van der Waals surface area contributed by atoms with Gasteiger partial charge in [-0.1, -0.05) is 40.0 Å². The van der Waals surface area contributed by atoms with Crippen molar-refractivity contribution >= 4 is 5.97 Å². The Hall–Kier alpha value is -0.570. The standard InChI is InChI=1S/C13H27NO2/c1-5-7-8-12(6-2)10-14-9-11(3)13(15)16-4/h11-12,14H,5-10H2,1-4H3. The van der Waals surface area contributed by atoms with Gasteiger partial charge in [-0.3, -0.25) is 4.79 Å². The number of methoxy groups -OCH3 is 1. The predicted octanol–water partition coefficient (Wildman–Crippen LogP) is 2.60. The zero-order valence-electron chi connectivity index (χ0n) is 11.2. The highest BCUT2D eigenvalue weighted by Crippen LogP contribution is 2.11. The summed E-state index contributed by atoms with van der Waals surface area (Å²) < 4.78 is 4.68. The van der Waals surface area contributed by atoms with Crippen LogP contribution in [0.1, 0.15) is 46.5 Å². The van der Waals surface area contributed by atoms with Gasteiger partial charge in [-0.2, -0.15) is 0 Å². The minimum absolute atomic E-state index is 0.0475. The monoisotopic (exact) mass is 229 g/mol. The number of carbonyl (C=O) groups is 1. The first-order valence-corrected chi connectivity index (χ1v) is 6.44. The number of unbranched alkanes of at least 4 members (excludes halogenated alkanes) is 1. The molecule has 0 saturated heterocycles. The molecule has 0 spiro atoms. The Balaban J connectivity index is 3.64. The van der Waals surface area contributed by atoms with Gasteiger partial charge in [0.25, 0.3) is 0 Å². The molecule has 0 aliphatic heterocycles. The van der Waals surface area contributed by atoms with Gasteiger partial charge in [-0.05, 0) is 18.9 Å². The fourth-order valence-electron chi connectivity index (χ4n) is 1.73. The summed E-state index contributed by atoms with van der Waals surface area (Å²) in [6, 6.07) is 0. The van der Waals surface area contributed by atoms with E-state index in [-0.39, 0.29) is 11.9 Å². The second-order valence-electron chi connectivity index (χ2n) is 4.50. The van der Waals surface area contributed by atoms with Gasteiger partial charge in [-0.25, -0.2) is 0 Å². The molecule has 0 heterocycles. The quantitative estimate of drug-likeness (QED) is 0.618. The summed E-state index contributed by atoms with van der Waals surface area (Å²) in [6.07, 6.45) is 5.05. The normalized spacial score (nSPS) is 14.5. The molecule has 2 atom stereocenters. The summed E-state index contributed by atoms with van der Waals surface area (Å²) in [5, 5.41) is 3.36. The van der Waals surface area contributed by atoms with Gasteiger partial charge >= 0.3 is 5.97 Å². The van der Waals surface area contributed by atoms with Gasteiger partial charge in [0.15, 0.2) is 0 Å². The Morgan fingerprint density at radius 1 is 1.31 bits per heavy atom. The molecule has 0 amide bonds. The molecule has 3 heteroatoms. The van der Waals surface area contributed by atoms with Crippen LogP contribution in [0.5, 0.6) is 0 Å². The van der Waals surface area contributed by atoms with E-state index in [9.17, 15) is 4.79 Å². The minimum atomic E-state index is -0.130. The number of ether oxygens (including phenoxy) is 1. The van der Waals surface area contributed by atoms with Gasteiger partial charge < -0.3 is 10.1 Å². The molecule has 0 bridgehead atoms. The first-order chi connectivity index (χ1) is 7.65. The van der Waals surface area contributed by atoms with Crippen LogP contribution in [0, 0.1) is 11.8 Å². The van der Waals surface area contributed by atoms with Gasteiger partial charge in [0.05, 0.1) is 13.0 Å². The fourth-order valence-corrected chi connectivity index (χ4v) is 1.73. The summed E-state index contributed by atoms with van der Waals surface area (Å²) in [5.74, 6) is 0.563. The molecule has 0 aromatic rings. The summed E-state index contributed by atoms with van der Waals surface area (Å²) >= 11 is 0. The number of carbonyl (C=O) groups excluding carboxylic acids is 1. The van der Waals surface area contributed by atoms with Crippen molar-refractivity contribution < 1.29 is 9.53 Å². The first-order valence-electron chi connectivity index (χ1n) is 6.44. The van der Waals surface area contributed by atoms with Crippen LogP contribution in [0.4, 0.5) is 0 Å². The molecular formula is C13H27NO2. The van der Waals surface area contributed by atoms with E-state index in [0.29, 0.717) is 0 Å². The summed E-state index contributed by atoms with van der Waals surface area (Å²) in [7, 11) is 1.44. The molecule has 16 heavy (non-hydrogen) atoms. The van der Waals surface area contributed by atoms with Crippen LogP contribution in [0.3, 0.4) is 0 Å². The average molecular weight is 229 g/mol. The zero-order chi connectivity index (χ0) is 12.4. The molecule has 0 rings (SSSR count). The Labute approximate surface area is 99.9 Å². The third-order valence-corrected chi connectivity index (χ3v) is 3.03. The number of hydrogen-bond donors (Lipinski definition) is 1. The van der Waals surface area contributed by atoms with Crippen molar-refractivity contribution in [2.75, 3.05) is 20.2 Å². The van der Waals surface area contributed by atoms with E-state index in [1.54, 1.807) is 0 Å². The number of rotatable bonds is 9. The molecule has 0 aromatic heterocycles. The molecule has 0 aliphatic rings. The summed E-state index contributed by atoms with van der Waals surface area (Å²) in [6.45, 7) is 8.07. The number of nitrogens with one attached hydrogen (secondary N) is 1. The van der Waals surface area contributed by atoms with Gasteiger partial charge in [0.2, 0.25) is 0 Å². The lowest BCUT2D eigenvalue weighted by molar-refractivity contribution is -0.144. The molecule has 0 saturated carbocycles. The maximum atomic E-state index is 11.2. The van der Waals surface area contributed by atoms with Crippen molar-refractivity contribution in [1.82, 2.24) is 5.32 Å². The third-order valence-electron chi connectivity index (χ3n) is 3.03. The van der Waals surface area contributed by atoms with Crippen LogP contribution in [0.25, 0.3) is 0 Å². The lowest BCUT2D eigenvalue weighted by atomic mass is 9.99. The lowest BCUT2D eigenvalue weighted by Gasteiger charge is -2.16. The van der Waals surface area contributed by atoms with Crippen LogP contribution < -0.4 is 5.32 Å². The van der Waals surface area contributed by atoms with Crippen LogP contribution in [0.15, 0.2) is 0 Å². The van der Waals surface area contributed by atoms with E-state index in [1.165, 1.54) is 32.8 Å². The van der Waals surface area contributed by atoms with Crippen molar-refractivity contribution in [3.63, 3.8) is 0 Å². The van der Waals surface area contributed by atoms with Crippen LogP contribution >= 0.6 is 0 Å². The van der Waals surface area contributed by atoms with Crippen molar-refractivity contribution in [2.24, 2.45) is 11.8 Å². The highest BCUT2D eigenvalue weighted by molar-refractivity contribution is 5.71. The Bertz CT molecular complexity index is 183. The zero-order valence-corrected chi connectivity index (χ0v) is 11.2. The van der Waals surface area contributed by atoms with Crippen LogP contribution in [-0.2, 0) is 9.53 Å². The molecule has 0 aliphatic carbocycles. The average Bonchev–Trinajstić information content (AvgIpc) is 2.32. The van der Waals surface area contributed by atoms with E-state index in [0.717, 1.165) is 19.0 Å². The maximum absolute atomic E-state index is 11.2. The Kier molecular flexibility index (Phi) is 9.30. The molecule has 1 N–H and O–H groups in total. The molecule has 3 nitrogen and oxygen atoms in total. The second-order valence-corrected chi connectivity index (χ2v) is 4.50. The fraction of sp³-hybridized carbons (Fsp3) is 0.923. The van der Waals surface area contributed by atoms with E-state index in [4.69, 9.17) is 0 Å². The van der Waals surface area contributed by atoms with E-state index < -0.39 is 0 Å². The molecular weight excluding hydrogens is 202 g/mol. The Morgan fingerprint density at radius 3 is 2.50 bits per heavy atom. The van der Waals surface area contributed by atoms with Gasteiger partial charge in [0.1, 0.15) is 0 Å². The summed E-state index contributed by atoms with van der Waals surface area (Å²) in [4.78, 5) is 11.2. The molecule has 0 radical (unpaired) electrons. The highest BCUT2D eigenvalue weighted by Gasteiger charge is 2.13. The smallest absolute Gasteiger partial charge is 0.309 e. The van der Waals surface area contributed by atoms with Crippen LogP contribution in [0.2, 0.25) is 0 Å². The number of esters is 1. The summed E-state index contributed by atoms with van der Waals surface area (Å²) in [5.41, 5.74) is 0. The van der Waals surface area contributed by atoms with E-state index >= 15 is 0 Å². The van der Waals surface area contributed by atoms with E-state index in [1.807, 2.05) is 6.92 Å².